The minimum atomic E-state index is 0.586. The summed E-state index contributed by atoms with van der Waals surface area (Å²) in [5, 5.41) is 0. The molecule has 0 aliphatic carbocycles. The Labute approximate surface area is 82.0 Å². The summed E-state index contributed by atoms with van der Waals surface area (Å²) in [6.07, 6.45) is 1.57. The van der Waals surface area contributed by atoms with Gasteiger partial charge in [-0.05, 0) is 0 Å². The zero-order chi connectivity index (χ0) is 9.10. The van der Waals surface area contributed by atoms with Crippen LogP contribution in [0.2, 0.25) is 0 Å². The molecule has 0 amide bonds. The van der Waals surface area contributed by atoms with Gasteiger partial charge in [-0.25, -0.2) is 4.99 Å². The zero-order valence-electron chi connectivity index (χ0n) is 6.97. The summed E-state index contributed by atoms with van der Waals surface area (Å²) >= 11 is 5.16. The Morgan fingerprint density at radius 3 is 2.62 bits per heavy atom. The molecule has 0 saturated carbocycles. The molecule has 13 heavy (non-hydrogen) atoms. The lowest BCUT2D eigenvalue weighted by Crippen LogP contribution is -2.19. The molecular weight excluding hydrogens is 180 g/mol. The summed E-state index contributed by atoms with van der Waals surface area (Å²) in [5.74, 6) is 0. The second kappa shape index (κ2) is 3.58. The highest BCUT2D eigenvalue weighted by Crippen LogP contribution is 2.05. The molecule has 1 aromatic rings. The van der Waals surface area contributed by atoms with Crippen LogP contribution in [0, 0.1) is 0 Å². The lowest BCUT2D eigenvalue weighted by atomic mass is 10.1. The average Bonchev–Trinajstić information content (AvgIpc) is 2.20. The lowest BCUT2D eigenvalue weighted by Gasteiger charge is -2.07. The highest BCUT2D eigenvalue weighted by molar-refractivity contribution is 7.82. The van der Waals surface area contributed by atoms with Gasteiger partial charge in [0.15, 0.2) is 0 Å². The third-order valence-electron chi connectivity index (χ3n) is 1.81. The molecule has 0 N–H and O–H groups in total. The Bertz CT molecular complexity index is 379. The van der Waals surface area contributed by atoms with Crippen molar-refractivity contribution in [2.24, 2.45) is 9.98 Å². The van der Waals surface area contributed by atoms with Crippen LogP contribution in [0.3, 0.4) is 0 Å². The van der Waals surface area contributed by atoms with E-state index in [0.717, 1.165) is 16.1 Å². The van der Waals surface area contributed by atoms with Crippen LogP contribution in [0.25, 0.3) is 0 Å². The van der Waals surface area contributed by atoms with Crippen molar-refractivity contribution >= 4 is 29.1 Å². The Balaban J connectivity index is 2.41. The fourth-order valence-corrected chi connectivity index (χ4v) is 1.45. The Kier molecular flexibility index (Phi) is 2.27. The predicted molar refractivity (Wildman–Crippen MR) is 58.9 cm³/mol. The summed E-state index contributed by atoms with van der Waals surface area (Å²) < 4.78 is 0. The third-order valence-corrected chi connectivity index (χ3v) is 2.14. The molecule has 0 unspecified atom stereocenters. The zero-order valence-corrected chi connectivity index (χ0v) is 7.79. The first-order valence-electron chi connectivity index (χ1n) is 4.02. The van der Waals surface area contributed by atoms with Crippen molar-refractivity contribution in [1.29, 1.82) is 0 Å². The number of aliphatic imine (C=N–C) groups is 2. The van der Waals surface area contributed by atoms with E-state index < -0.39 is 0 Å². The quantitative estimate of drug-likeness (QED) is 0.618. The first-order valence-corrected chi connectivity index (χ1v) is 4.43. The fourth-order valence-electron chi connectivity index (χ4n) is 1.20. The van der Waals surface area contributed by atoms with E-state index in [4.69, 9.17) is 12.2 Å². The number of thiocarbonyl (C=S) groups is 1. The maximum absolute atomic E-state index is 5.16. The monoisotopic (exact) mass is 188 g/mol. The second-order valence-corrected chi connectivity index (χ2v) is 3.22. The normalized spacial score (nSPS) is 15.7. The van der Waals surface area contributed by atoms with Gasteiger partial charge in [0, 0.05) is 5.56 Å². The van der Waals surface area contributed by atoms with E-state index in [0.29, 0.717) is 6.54 Å². The van der Waals surface area contributed by atoms with Crippen molar-refractivity contribution < 1.29 is 0 Å². The van der Waals surface area contributed by atoms with Crippen LogP contribution >= 0.6 is 12.2 Å². The largest absolute Gasteiger partial charge is 0.268 e. The van der Waals surface area contributed by atoms with E-state index in [1.54, 1.807) is 6.34 Å². The molecule has 0 spiro atoms. The molecule has 0 fully saturated rings. The highest BCUT2D eigenvalue weighted by atomic mass is 32.1. The van der Waals surface area contributed by atoms with Crippen molar-refractivity contribution in [3.05, 3.63) is 35.9 Å². The first-order chi connectivity index (χ1) is 6.38. The van der Waals surface area contributed by atoms with Crippen molar-refractivity contribution in [2.75, 3.05) is 6.54 Å². The molecule has 64 valence electrons. The van der Waals surface area contributed by atoms with E-state index in [2.05, 4.69) is 9.98 Å². The molecule has 0 radical (unpaired) electrons. The van der Waals surface area contributed by atoms with Crippen LogP contribution in [0.1, 0.15) is 5.56 Å². The van der Waals surface area contributed by atoms with Crippen molar-refractivity contribution in [3.8, 4) is 0 Å². The summed E-state index contributed by atoms with van der Waals surface area (Å²) in [6, 6.07) is 9.94. The fraction of sp³-hybridized carbons (Fsp3) is 0.100. The minimum absolute atomic E-state index is 0.586. The van der Waals surface area contributed by atoms with Gasteiger partial charge >= 0.3 is 0 Å². The summed E-state index contributed by atoms with van der Waals surface area (Å²) in [7, 11) is 0. The number of nitrogens with zero attached hydrogens (tertiary/aromatic N) is 2. The molecule has 0 aromatic heterocycles. The van der Waals surface area contributed by atoms with Crippen molar-refractivity contribution in [1.82, 2.24) is 0 Å². The Morgan fingerprint density at radius 2 is 1.92 bits per heavy atom. The van der Waals surface area contributed by atoms with E-state index in [1.165, 1.54) is 0 Å². The van der Waals surface area contributed by atoms with E-state index in [-0.39, 0.29) is 0 Å². The van der Waals surface area contributed by atoms with Gasteiger partial charge in [0.05, 0.1) is 17.1 Å². The summed E-state index contributed by atoms with van der Waals surface area (Å²) in [5.41, 5.74) is 1.95. The topological polar surface area (TPSA) is 24.7 Å². The minimum Gasteiger partial charge on any atom is -0.268 e. The van der Waals surface area contributed by atoms with Gasteiger partial charge < -0.3 is 0 Å². The lowest BCUT2D eigenvalue weighted by molar-refractivity contribution is 1.31. The first kappa shape index (κ1) is 8.26. The average molecular weight is 188 g/mol. The van der Waals surface area contributed by atoms with Crippen molar-refractivity contribution in [2.45, 2.75) is 0 Å². The molecule has 2 nitrogen and oxygen atoms in total. The maximum atomic E-state index is 5.16. The van der Waals surface area contributed by atoms with Gasteiger partial charge in [0.1, 0.15) is 6.34 Å². The van der Waals surface area contributed by atoms with E-state index in [9.17, 15) is 0 Å². The Morgan fingerprint density at radius 1 is 1.15 bits per heavy atom. The molecule has 0 bridgehead atoms. The number of benzene rings is 1. The maximum Gasteiger partial charge on any atom is 0.111 e. The standard InChI is InChI=1S/C10H8N2S/c13-9-6-11-7-12-10(9)8-4-2-1-3-5-8/h1-5,7H,6H2. The SMILES string of the molecule is S=C1CN=CN=C1c1ccccc1. The molecule has 1 aliphatic heterocycles. The van der Waals surface area contributed by atoms with Gasteiger partial charge in [-0.15, -0.1) is 0 Å². The molecule has 0 atom stereocenters. The molecule has 3 heteroatoms. The van der Waals surface area contributed by atoms with Gasteiger partial charge in [-0.1, -0.05) is 42.5 Å². The number of hydrogen-bond donors (Lipinski definition) is 0. The molecule has 1 heterocycles. The van der Waals surface area contributed by atoms with Gasteiger partial charge in [0.25, 0.3) is 0 Å². The van der Waals surface area contributed by atoms with Gasteiger partial charge in [-0.2, -0.15) is 0 Å². The van der Waals surface area contributed by atoms with Crippen LogP contribution in [-0.4, -0.2) is 23.5 Å². The smallest absolute Gasteiger partial charge is 0.111 e. The second-order valence-electron chi connectivity index (χ2n) is 2.72. The highest BCUT2D eigenvalue weighted by Gasteiger charge is 2.10. The number of hydrogen-bond acceptors (Lipinski definition) is 3. The van der Waals surface area contributed by atoms with Crippen LogP contribution in [0.4, 0.5) is 0 Å². The van der Waals surface area contributed by atoms with Crippen LogP contribution in [-0.2, 0) is 0 Å². The van der Waals surface area contributed by atoms with Crippen LogP contribution in [0.5, 0.6) is 0 Å². The molecule has 0 saturated heterocycles. The third kappa shape index (κ3) is 1.70. The predicted octanol–water partition coefficient (Wildman–Crippen LogP) is 1.89. The summed E-state index contributed by atoms with van der Waals surface area (Å²) in [4.78, 5) is 8.96. The molecule has 1 aliphatic rings. The number of rotatable bonds is 1. The van der Waals surface area contributed by atoms with Gasteiger partial charge in [-0.3, -0.25) is 4.99 Å². The van der Waals surface area contributed by atoms with E-state index in [1.807, 2.05) is 30.3 Å². The van der Waals surface area contributed by atoms with E-state index >= 15 is 0 Å². The molecular formula is C10H8N2S. The van der Waals surface area contributed by atoms with Crippen LogP contribution < -0.4 is 0 Å². The van der Waals surface area contributed by atoms with Crippen molar-refractivity contribution in [3.63, 3.8) is 0 Å². The van der Waals surface area contributed by atoms with Gasteiger partial charge in [0.2, 0.25) is 0 Å². The molecule has 2 rings (SSSR count). The molecule has 1 aromatic carbocycles. The van der Waals surface area contributed by atoms with Crippen LogP contribution in [0.15, 0.2) is 40.3 Å². The Hall–Kier alpha value is -1.35. The summed E-state index contributed by atoms with van der Waals surface area (Å²) in [6.45, 7) is 0.586.